The Kier molecular flexibility index (Phi) is 16.1. The number of hydrogen-bond donors (Lipinski definition) is 3. The molecule has 0 spiro atoms. The molecule has 0 fully saturated rings. The monoisotopic (exact) mass is 679 g/mol. The first-order valence-corrected chi connectivity index (χ1v) is 15.2. The second-order valence-corrected chi connectivity index (χ2v) is 11.7. The molecule has 0 amide bonds. The van der Waals surface area contributed by atoms with E-state index in [0.717, 1.165) is 11.3 Å². The second-order valence-electron chi connectivity index (χ2n) is 8.04. The molecule has 0 saturated heterocycles. The molecule has 2 atom stereocenters. The van der Waals surface area contributed by atoms with Gasteiger partial charge in [0.15, 0.2) is 0 Å². The molecule has 0 saturated carbocycles. The molecule has 0 aliphatic carbocycles. The third-order valence-corrected chi connectivity index (χ3v) is 8.36. The van der Waals surface area contributed by atoms with E-state index in [2.05, 4.69) is 22.0 Å². The fourth-order valence-corrected chi connectivity index (χ4v) is 6.19. The van der Waals surface area contributed by atoms with Gasteiger partial charge in [0.1, 0.15) is 12.4 Å². The smallest absolute Gasteiger partial charge is 0.672 e. The van der Waals surface area contributed by atoms with Crippen LogP contribution >= 0.6 is 42.9 Å². The number of phosphoric acid groups is 1. The Labute approximate surface area is 336 Å². The number of nitriles is 2. The minimum absolute atomic E-state index is 0. The van der Waals surface area contributed by atoms with Crippen LogP contribution in [0.3, 0.4) is 0 Å². The summed E-state index contributed by atoms with van der Waals surface area (Å²) in [5, 5.41) is 31.0. The summed E-state index contributed by atoms with van der Waals surface area (Å²) in [4.78, 5) is 17.5. The summed E-state index contributed by atoms with van der Waals surface area (Å²) < 4.78 is 20.6. The van der Waals surface area contributed by atoms with Gasteiger partial charge in [0.05, 0.1) is 29.9 Å². The molecule has 0 aromatic heterocycles. The fraction of sp³-hybridized carbons (Fsp3) is 0.200. The van der Waals surface area contributed by atoms with Gasteiger partial charge < -0.3 is 30.9 Å². The number of ether oxygens (including phenoxy) is 1. The number of hydrogen-bond acceptors (Lipinski definition) is 8. The van der Waals surface area contributed by atoms with Gasteiger partial charge in [-0.25, -0.2) is 4.57 Å². The van der Waals surface area contributed by atoms with Crippen LogP contribution in [0.1, 0.15) is 16.5 Å². The van der Waals surface area contributed by atoms with Crippen molar-refractivity contribution in [3.63, 3.8) is 0 Å². The van der Waals surface area contributed by atoms with Crippen molar-refractivity contribution in [2.45, 2.75) is 10.7 Å². The molecule has 202 valence electrons. The molecule has 2 heterocycles. The number of rotatable bonds is 10. The zero-order valence-corrected chi connectivity index (χ0v) is 31.6. The van der Waals surface area contributed by atoms with E-state index in [0.29, 0.717) is 33.2 Å². The van der Waals surface area contributed by atoms with Gasteiger partial charge in [0, 0.05) is 16.0 Å². The SMILES string of the molecule is N#CC1=C(N)[N-]C(SCC2=CSC(c3ccc(Cl)cc3)[N-]2)C(C#N)=C1c1ccc(OCCOP(=O)(O)O)cc1.[K+].[K+]. The maximum Gasteiger partial charge on any atom is 1.00 e. The van der Waals surface area contributed by atoms with Crippen LogP contribution in [0.4, 0.5) is 0 Å². The van der Waals surface area contributed by atoms with Crippen molar-refractivity contribution in [2.75, 3.05) is 19.0 Å². The molecule has 2 aliphatic rings. The molecule has 16 heteroatoms. The van der Waals surface area contributed by atoms with Crippen LogP contribution in [0.15, 0.2) is 76.6 Å². The van der Waals surface area contributed by atoms with Gasteiger partial charge in [-0.05, 0) is 46.4 Å². The van der Waals surface area contributed by atoms with Gasteiger partial charge >= 0.3 is 111 Å². The molecule has 2 aromatic carbocycles. The summed E-state index contributed by atoms with van der Waals surface area (Å²) in [7, 11) is -4.57. The van der Waals surface area contributed by atoms with Crippen molar-refractivity contribution < 1.29 is 126 Å². The van der Waals surface area contributed by atoms with Gasteiger partial charge in [0.2, 0.25) is 0 Å². The zero-order chi connectivity index (χ0) is 28.0. The Morgan fingerprint density at radius 3 is 2.34 bits per heavy atom. The molecule has 4 N–H and O–H groups in total. The van der Waals surface area contributed by atoms with Gasteiger partial charge in [-0.1, -0.05) is 47.3 Å². The van der Waals surface area contributed by atoms with E-state index in [4.69, 9.17) is 37.2 Å². The number of phosphoric ester groups is 1. The van der Waals surface area contributed by atoms with Crippen molar-refractivity contribution in [1.29, 1.82) is 10.5 Å². The average molecular weight is 680 g/mol. The average Bonchev–Trinajstić information content (AvgIpc) is 3.39. The minimum Gasteiger partial charge on any atom is -0.672 e. The van der Waals surface area contributed by atoms with Crippen LogP contribution in [0, 0.1) is 22.7 Å². The molecule has 4 rings (SSSR count). The van der Waals surface area contributed by atoms with Crippen molar-refractivity contribution in [3.8, 4) is 17.9 Å². The molecular weight excluding hydrogens is 659 g/mol. The number of nitrogens with two attached hydrogens (primary N) is 1. The molecule has 0 radical (unpaired) electrons. The van der Waals surface area contributed by atoms with Crippen molar-refractivity contribution in [3.05, 3.63) is 103 Å². The number of nitrogens with zero attached hydrogens (tertiary/aromatic N) is 4. The molecule has 10 nitrogen and oxygen atoms in total. The summed E-state index contributed by atoms with van der Waals surface area (Å²) in [6, 6.07) is 18.4. The molecule has 2 aliphatic heterocycles. The normalized spacial score (nSPS) is 18.1. The summed E-state index contributed by atoms with van der Waals surface area (Å²) >= 11 is 8.96. The number of benzene rings is 2. The Balaban J connectivity index is 0.00000294. The molecule has 41 heavy (non-hydrogen) atoms. The zero-order valence-electron chi connectivity index (χ0n) is 22.1. The van der Waals surface area contributed by atoms with E-state index in [1.807, 2.05) is 29.7 Å². The molecule has 2 unspecified atom stereocenters. The third-order valence-electron chi connectivity index (χ3n) is 5.43. The van der Waals surface area contributed by atoms with Crippen LogP contribution in [-0.4, -0.2) is 34.1 Å². The van der Waals surface area contributed by atoms with E-state index in [1.165, 1.54) is 11.8 Å². The predicted molar refractivity (Wildman–Crippen MR) is 152 cm³/mol. The molecular formula is C25H21ClK2N5O5PS2. The van der Waals surface area contributed by atoms with E-state index in [1.54, 1.807) is 36.0 Å². The maximum absolute atomic E-state index is 10.8. The Hall–Kier alpha value is 0.213. The number of halogens is 1. The van der Waals surface area contributed by atoms with Crippen LogP contribution < -0.4 is 113 Å². The molecule has 0 bridgehead atoms. The standard InChI is InChI=1S/C25H21ClN5O5PS2.2K/c26-17-5-1-16(2-6-17)24-30-18(13-38-24)14-39-25-21(12-28)22(20(11-27)23(29)31-25)15-3-7-19(8-4-15)35-9-10-36-37(32,33)34;;/h1-8,13,24-25H,9-10,14,29H2,(H2,32,33,34);;/q-2;2*+1. The fourth-order valence-electron chi connectivity index (χ4n) is 3.69. The summed E-state index contributed by atoms with van der Waals surface area (Å²) in [6.07, 6.45) is 0. The summed E-state index contributed by atoms with van der Waals surface area (Å²) in [5.41, 5.74) is 9.42. The second kappa shape index (κ2) is 17.6. The first kappa shape index (κ1) is 37.4. The summed E-state index contributed by atoms with van der Waals surface area (Å²) in [6.45, 7) is -0.377. The Bertz CT molecular complexity index is 1460. The predicted octanol–water partition coefficient (Wildman–Crippen LogP) is -0.0855. The van der Waals surface area contributed by atoms with Crippen LogP contribution in [0.25, 0.3) is 16.2 Å². The quantitative estimate of drug-likeness (QED) is 0.175. The topological polar surface area (TPSA) is 178 Å². The van der Waals surface area contributed by atoms with Crippen molar-refractivity contribution in [2.24, 2.45) is 5.73 Å². The first-order valence-electron chi connectivity index (χ1n) is 11.3. The van der Waals surface area contributed by atoms with E-state index >= 15 is 0 Å². The first-order chi connectivity index (χ1) is 18.7. The van der Waals surface area contributed by atoms with Gasteiger partial charge in [-0.15, -0.1) is 17.5 Å². The van der Waals surface area contributed by atoms with Crippen LogP contribution in [-0.2, 0) is 9.09 Å². The summed E-state index contributed by atoms with van der Waals surface area (Å²) in [5.74, 6) is 0.948. The van der Waals surface area contributed by atoms with E-state index < -0.39 is 13.2 Å². The van der Waals surface area contributed by atoms with Crippen LogP contribution in [0.5, 0.6) is 5.75 Å². The van der Waals surface area contributed by atoms with E-state index in [9.17, 15) is 15.1 Å². The molecule has 2 aromatic rings. The Morgan fingerprint density at radius 1 is 1.05 bits per heavy atom. The largest absolute Gasteiger partial charge is 1.00 e. The maximum atomic E-state index is 10.8. The third kappa shape index (κ3) is 10.7. The Morgan fingerprint density at radius 2 is 1.73 bits per heavy atom. The van der Waals surface area contributed by atoms with Crippen LogP contribution in [0.2, 0.25) is 5.02 Å². The van der Waals surface area contributed by atoms with Crippen molar-refractivity contribution >= 4 is 48.5 Å². The van der Waals surface area contributed by atoms with Gasteiger partial charge in [-0.3, -0.25) is 4.52 Å². The number of allylic oxidation sites excluding steroid dienone is 2. The number of thioether (sulfide) groups is 2. The van der Waals surface area contributed by atoms with E-state index in [-0.39, 0.29) is 133 Å². The van der Waals surface area contributed by atoms with Gasteiger partial charge in [-0.2, -0.15) is 22.3 Å². The minimum atomic E-state index is -4.57. The van der Waals surface area contributed by atoms with Crippen molar-refractivity contribution in [1.82, 2.24) is 0 Å². The van der Waals surface area contributed by atoms with Gasteiger partial charge in [0.25, 0.3) is 0 Å².